The zero-order chi connectivity index (χ0) is 27.2. The number of hydrogen-bond donors (Lipinski definition) is 0. The third-order valence-corrected chi connectivity index (χ3v) is 8.66. The van der Waals surface area contributed by atoms with E-state index in [1.54, 1.807) is 6.33 Å². The average Bonchev–Trinajstić information content (AvgIpc) is 3.21. The number of rotatable bonds is 5. The predicted molar refractivity (Wildman–Crippen MR) is 143 cm³/mol. The standard InChI is InChI=1S/C28H36N8O2/c1-6-21(11-29)10-22(33(4)5)36-15-27(8-7-9-27)23-24(31-18-32-25(23)36)34-12-20(3)35(13-19(34)2)26(37)28(14-30)16-38-17-28/h6,10,18-20H,7-9,12-13,15-17H2,1-5H3/b21-6+,22-10+/t19-,20+/m0/s1. The molecule has 4 aliphatic rings. The fourth-order valence-electron chi connectivity index (χ4n) is 6.21. The Balaban J connectivity index is 1.50. The number of ether oxygens (including phenoxy) is 1. The highest BCUT2D eigenvalue weighted by Crippen LogP contribution is 2.56. The normalized spacial score (nSPS) is 25.7. The average molecular weight is 517 g/mol. The van der Waals surface area contributed by atoms with Crippen molar-refractivity contribution in [1.82, 2.24) is 19.8 Å². The molecule has 3 aliphatic heterocycles. The second kappa shape index (κ2) is 9.59. The lowest BCUT2D eigenvalue weighted by molar-refractivity contribution is -0.164. The molecule has 0 unspecified atom stereocenters. The molecular formula is C28H36N8O2. The third kappa shape index (κ3) is 3.90. The number of allylic oxidation sites excluding steroid dienone is 3. The molecule has 0 bridgehead atoms. The van der Waals surface area contributed by atoms with Crippen LogP contribution in [0.2, 0.25) is 0 Å². The molecule has 1 aliphatic carbocycles. The van der Waals surface area contributed by atoms with E-state index in [1.807, 2.05) is 49.9 Å². The van der Waals surface area contributed by atoms with Crippen LogP contribution in [0.3, 0.4) is 0 Å². The largest absolute Gasteiger partial charge is 0.377 e. The summed E-state index contributed by atoms with van der Waals surface area (Å²) in [5.74, 6) is 2.64. The molecule has 10 nitrogen and oxygen atoms in total. The monoisotopic (exact) mass is 516 g/mol. The van der Waals surface area contributed by atoms with Crippen LogP contribution in [0.4, 0.5) is 11.6 Å². The minimum atomic E-state index is -1.05. The van der Waals surface area contributed by atoms with Crippen LogP contribution in [-0.2, 0) is 14.9 Å². The van der Waals surface area contributed by atoms with Crippen LogP contribution in [0.5, 0.6) is 0 Å². The van der Waals surface area contributed by atoms with Crippen LogP contribution < -0.4 is 9.80 Å². The summed E-state index contributed by atoms with van der Waals surface area (Å²) in [5.41, 5.74) is 0.702. The number of carbonyl (C=O) groups is 1. The zero-order valence-electron chi connectivity index (χ0n) is 22.9. The Hall–Kier alpha value is -3.63. The van der Waals surface area contributed by atoms with Crippen LogP contribution in [0.1, 0.15) is 45.6 Å². The summed E-state index contributed by atoms with van der Waals surface area (Å²) in [6, 6.07) is 4.43. The Morgan fingerprint density at radius 1 is 1.16 bits per heavy atom. The molecule has 4 heterocycles. The number of carbonyl (C=O) groups excluding carboxylic acids is 1. The van der Waals surface area contributed by atoms with Gasteiger partial charge < -0.3 is 24.3 Å². The summed E-state index contributed by atoms with van der Waals surface area (Å²) in [6.07, 6.45) is 8.68. The Kier molecular flexibility index (Phi) is 6.56. The number of aromatic nitrogens is 2. The van der Waals surface area contributed by atoms with Gasteiger partial charge in [-0.3, -0.25) is 4.79 Å². The molecule has 200 valence electrons. The molecule has 2 atom stereocenters. The summed E-state index contributed by atoms with van der Waals surface area (Å²) in [6.45, 7) is 8.32. The molecular weight excluding hydrogens is 480 g/mol. The molecule has 0 N–H and O–H groups in total. The van der Waals surface area contributed by atoms with E-state index in [4.69, 9.17) is 14.7 Å². The summed E-state index contributed by atoms with van der Waals surface area (Å²) in [4.78, 5) is 31.4. The van der Waals surface area contributed by atoms with Gasteiger partial charge >= 0.3 is 0 Å². The van der Waals surface area contributed by atoms with E-state index < -0.39 is 5.41 Å². The van der Waals surface area contributed by atoms with Gasteiger partial charge in [0.25, 0.3) is 0 Å². The zero-order valence-corrected chi connectivity index (χ0v) is 22.9. The van der Waals surface area contributed by atoms with Crippen molar-refractivity contribution in [2.45, 2.75) is 57.5 Å². The molecule has 2 saturated heterocycles. The SMILES string of the molecule is C/C=C(C#N)\C=C(/N(C)C)N1CC2(CCC2)c2c1ncnc2N1C[C@@H](C)N(C(=O)C2(C#N)COC2)C[C@@H]1C. The Labute approximate surface area is 224 Å². The van der Waals surface area contributed by atoms with Gasteiger partial charge in [-0.05, 0) is 39.7 Å². The topological polar surface area (TPSA) is 113 Å². The molecule has 0 aromatic carbocycles. The lowest BCUT2D eigenvalue weighted by Crippen LogP contribution is -2.64. The number of piperazine rings is 1. The summed E-state index contributed by atoms with van der Waals surface area (Å²) in [7, 11) is 3.98. The van der Waals surface area contributed by atoms with E-state index in [1.165, 1.54) is 5.56 Å². The van der Waals surface area contributed by atoms with E-state index in [0.29, 0.717) is 18.7 Å². The minimum absolute atomic E-state index is 0.0224. The maximum absolute atomic E-state index is 13.3. The molecule has 5 rings (SSSR count). The van der Waals surface area contributed by atoms with Gasteiger partial charge in [-0.25, -0.2) is 9.97 Å². The van der Waals surface area contributed by atoms with Crippen molar-refractivity contribution in [2.24, 2.45) is 5.41 Å². The highest BCUT2D eigenvalue weighted by atomic mass is 16.5. The maximum Gasteiger partial charge on any atom is 0.248 e. The Bertz CT molecular complexity index is 1260. The van der Waals surface area contributed by atoms with Gasteiger partial charge in [-0.15, -0.1) is 0 Å². The minimum Gasteiger partial charge on any atom is -0.377 e. The van der Waals surface area contributed by atoms with Gasteiger partial charge in [0.05, 0.1) is 30.9 Å². The summed E-state index contributed by atoms with van der Waals surface area (Å²) < 4.78 is 5.24. The van der Waals surface area contributed by atoms with E-state index in [9.17, 15) is 15.3 Å². The van der Waals surface area contributed by atoms with E-state index in [2.05, 4.69) is 28.9 Å². The quantitative estimate of drug-likeness (QED) is 0.430. The summed E-state index contributed by atoms with van der Waals surface area (Å²) >= 11 is 0. The van der Waals surface area contributed by atoms with Crippen molar-refractivity contribution in [1.29, 1.82) is 10.5 Å². The van der Waals surface area contributed by atoms with Crippen LogP contribution in [0, 0.1) is 28.1 Å². The lowest BCUT2D eigenvalue weighted by Gasteiger charge is -2.49. The van der Waals surface area contributed by atoms with Gasteiger partial charge in [-0.1, -0.05) is 12.5 Å². The van der Waals surface area contributed by atoms with Gasteiger partial charge in [0, 0.05) is 56.8 Å². The first-order valence-electron chi connectivity index (χ1n) is 13.4. The predicted octanol–water partition coefficient (Wildman–Crippen LogP) is 2.56. The van der Waals surface area contributed by atoms with Crippen molar-refractivity contribution in [3.63, 3.8) is 0 Å². The third-order valence-electron chi connectivity index (χ3n) is 8.66. The lowest BCUT2D eigenvalue weighted by atomic mass is 9.66. The molecule has 0 radical (unpaired) electrons. The first-order valence-corrected chi connectivity index (χ1v) is 13.4. The van der Waals surface area contributed by atoms with Crippen molar-refractivity contribution >= 4 is 17.5 Å². The van der Waals surface area contributed by atoms with Crippen molar-refractivity contribution in [3.05, 3.63) is 35.4 Å². The number of nitriles is 2. The molecule has 1 saturated carbocycles. The number of fused-ring (bicyclic) bond motifs is 2. The molecule has 38 heavy (non-hydrogen) atoms. The molecule has 10 heteroatoms. The van der Waals surface area contributed by atoms with Crippen LogP contribution in [-0.4, -0.2) is 84.7 Å². The second-order valence-corrected chi connectivity index (χ2v) is 11.4. The molecule has 1 aromatic rings. The number of hydrogen-bond acceptors (Lipinski definition) is 9. The highest BCUT2D eigenvalue weighted by molar-refractivity contribution is 5.87. The molecule has 1 aromatic heterocycles. The van der Waals surface area contributed by atoms with E-state index in [-0.39, 0.29) is 36.6 Å². The van der Waals surface area contributed by atoms with Crippen LogP contribution in [0.15, 0.2) is 29.9 Å². The molecule has 1 spiro atoms. The number of nitrogens with zero attached hydrogens (tertiary/aromatic N) is 8. The van der Waals surface area contributed by atoms with Crippen LogP contribution >= 0.6 is 0 Å². The fourth-order valence-corrected chi connectivity index (χ4v) is 6.21. The van der Waals surface area contributed by atoms with Gasteiger partial charge in [0.1, 0.15) is 23.8 Å². The Morgan fingerprint density at radius 3 is 2.39 bits per heavy atom. The van der Waals surface area contributed by atoms with Crippen molar-refractivity contribution in [3.8, 4) is 12.1 Å². The van der Waals surface area contributed by atoms with Gasteiger partial charge in [0.2, 0.25) is 5.91 Å². The fraction of sp³-hybridized carbons (Fsp3) is 0.607. The molecule has 3 fully saturated rings. The Morgan fingerprint density at radius 2 is 1.87 bits per heavy atom. The van der Waals surface area contributed by atoms with Crippen molar-refractivity contribution in [2.75, 3.05) is 56.7 Å². The first kappa shape index (κ1) is 26.0. The van der Waals surface area contributed by atoms with Crippen LogP contribution in [0.25, 0.3) is 0 Å². The number of anilines is 2. The van der Waals surface area contributed by atoms with E-state index >= 15 is 0 Å². The first-order chi connectivity index (χ1) is 18.2. The second-order valence-electron chi connectivity index (χ2n) is 11.4. The maximum atomic E-state index is 13.3. The molecule has 1 amide bonds. The summed E-state index contributed by atoms with van der Waals surface area (Å²) in [5, 5.41) is 19.3. The number of amides is 1. The highest BCUT2D eigenvalue weighted by Gasteiger charge is 2.53. The van der Waals surface area contributed by atoms with Crippen molar-refractivity contribution < 1.29 is 9.53 Å². The smallest absolute Gasteiger partial charge is 0.248 e. The van der Waals surface area contributed by atoms with Gasteiger partial charge in [-0.2, -0.15) is 10.5 Å². The van der Waals surface area contributed by atoms with Gasteiger partial charge in [0.15, 0.2) is 5.41 Å². The van der Waals surface area contributed by atoms with E-state index in [0.717, 1.165) is 43.3 Å².